The summed E-state index contributed by atoms with van der Waals surface area (Å²) in [6, 6.07) is 5.56. The number of benzene rings is 1. The molecule has 0 fully saturated rings. The zero-order chi connectivity index (χ0) is 15.9. The molecule has 0 N–H and O–H groups in total. The highest BCUT2D eigenvalue weighted by Gasteiger charge is 2.22. The second kappa shape index (κ2) is 8.14. The normalized spacial score (nSPS) is 11.0. The van der Waals surface area contributed by atoms with Gasteiger partial charge in [-0.15, -0.1) is 0 Å². The molecule has 0 aromatic heterocycles. The molecular weight excluding hydrogens is 304 g/mol. The number of hydrogen-bond donors (Lipinski definition) is 0. The largest absolute Gasteiger partial charge is 0.413 e. The van der Waals surface area contributed by atoms with Gasteiger partial charge in [0.25, 0.3) is 5.69 Å². The van der Waals surface area contributed by atoms with Gasteiger partial charge in [0.1, 0.15) is 0 Å². The Bertz CT molecular complexity index is 557. The Morgan fingerprint density at radius 3 is 2.76 bits per heavy atom. The number of non-ortho nitro benzene ring substituents is 1. The van der Waals surface area contributed by atoms with Crippen LogP contribution in [0.15, 0.2) is 23.2 Å². The van der Waals surface area contributed by atoms with Gasteiger partial charge in [-0.1, -0.05) is 19.8 Å². The Hall–Kier alpha value is -1.40. The lowest BCUT2D eigenvalue weighted by Crippen LogP contribution is -2.29. The van der Waals surface area contributed by atoms with Crippen molar-refractivity contribution in [3.8, 4) is 0 Å². The van der Waals surface area contributed by atoms with Crippen molar-refractivity contribution in [3.63, 3.8) is 0 Å². The molecule has 114 valence electrons. The SMILES string of the molecule is CCCC[Si](C)(C)OCc1cc([N+](=O)[O-])ccc1N=C=S. The molecule has 0 heterocycles. The van der Waals surface area contributed by atoms with Gasteiger partial charge in [0.2, 0.25) is 0 Å². The van der Waals surface area contributed by atoms with Gasteiger partial charge >= 0.3 is 0 Å². The summed E-state index contributed by atoms with van der Waals surface area (Å²) in [4.78, 5) is 14.4. The van der Waals surface area contributed by atoms with Crippen molar-refractivity contribution in [2.24, 2.45) is 4.99 Å². The van der Waals surface area contributed by atoms with Crippen LogP contribution in [0.5, 0.6) is 0 Å². The van der Waals surface area contributed by atoms with E-state index in [0.29, 0.717) is 17.9 Å². The third-order valence-electron chi connectivity index (χ3n) is 3.19. The van der Waals surface area contributed by atoms with Crippen LogP contribution >= 0.6 is 12.2 Å². The van der Waals surface area contributed by atoms with Crippen molar-refractivity contribution >= 4 is 37.1 Å². The van der Waals surface area contributed by atoms with E-state index in [1.54, 1.807) is 6.07 Å². The fraction of sp³-hybridized carbons (Fsp3) is 0.500. The van der Waals surface area contributed by atoms with E-state index in [1.807, 2.05) is 0 Å². The van der Waals surface area contributed by atoms with Crippen molar-refractivity contribution in [2.75, 3.05) is 0 Å². The van der Waals surface area contributed by atoms with Crippen LogP contribution in [-0.4, -0.2) is 18.4 Å². The fourth-order valence-corrected chi connectivity index (χ4v) is 3.90. The maximum absolute atomic E-state index is 10.9. The quantitative estimate of drug-likeness (QED) is 0.225. The predicted octanol–water partition coefficient (Wildman–Crippen LogP) is 4.85. The van der Waals surface area contributed by atoms with Crippen LogP contribution in [-0.2, 0) is 11.0 Å². The van der Waals surface area contributed by atoms with E-state index < -0.39 is 13.2 Å². The average Bonchev–Trinajstić information content (AvgIpc) is 2.44. The van der Waals surface area contributed by atoms with Crippen LogP contribution in [0.2, 0.25) is 19.1 Å². The number of nitro groups is 1. The minimum atomic E-state index is -1.76. The summed E-state index contributed by atoms with van der Waals surface area (Å²) in [7, 11) is -1.76. The molecule has 1 aromatic rings. The first kappa shape index (κ1) is 17.6. The summed E-state index contributed by atoms with van der Waals surface area (Å²) >= 11 is 4.61. The van der Waals surface area contributed by atoms with Crippen molar-refractivity contribution in [1.29, 1.82) is 0 Å². The third kappa shape index (κ3) is 5.85. The highest BCUT2D eigenvalue weighted by molar-refractivity contribution is 7.78. The summed E-state index contributed by atoms with van der Waals surface area (Å²) in [5.41, 5.74) is 1.29. The Labute approximate surface area is 131 Å². The van der Waals surface area contributed by atoms with Crippen LogP contribution in [0.1, 0.15) is 25.3 Å². The van der Waals surface area contributed by atoms with Crippen molar-refractivity contribution in [1.82, 2.24) is 0 Å². The minimum absolute atomic E-state index is 0.0324. The molecule has 0 radical (unpaired) electrons. The van der Waals surface area contributed by atoms with Crippen LogP contribution in [0.25, 0.3) is 0 Å². The summed E-state index contributed by atoms with van der Waals surface area (Å²) in [6.45, 7) is 6.78. The number of isothiocyanates is 1. The molecule has 1 aromatic carbocycles. The molecule has 0 atom stereocenters. The molecular formula is C14H20N2O3SSi. The van der Waals surface area contributed by atoms with Crippen LogP contribution < -0.4 is 0 Å². The lowest BCUT2D eigenvalue weighted by atomic mass is 10.1. The number of nitro benzene ring substituents is 1. The van der Waals surface area contributed by atoms with Gasteiger partial charge in [0.15, 0.2) is 8.32 Å². The molecule has 7 heteroatoms. The van der Waals surface area contributed by atoms with Gasteiger partial charge in [-0.2, -0.15) is 4.99 Å². The van der Waals surface area contributed by atoms with Gasteiger partial charge in [0, 0.05) is 17.7 Å². The molecule has 5 nitrogen and oxygen atoms in total. The van der Waals surface area contributed by atoms with Gasteiger partial charge in [-0.05, 0) is 37.4 Å². The lowest BCUT2D eigenvalue weighted by Gasteiger charge is -2.23. The fourth-order valence-electron chi connectivity index (χ4n) is 1.91. The monoisotopic (exact) mass is 324 g/mol. The molecule has 0 bridgehead atoms. The van der Waals surface area contributed by atoms with E-state index in [4.69, 9.17) is 4.43 Å². The lowest BCUT2D eigenvalue weighted by molar-refractivity contribution is -0.384. The van der Waals surface area contributed by atoms with Crippen LogP contribution in [0.4, 0.5) is 11.4 Å². The first-order chi connectivity index (χ1) is 9.89. The maximum Gasteiger partial charge on any atom is 0.269 e. The molecule has 21 heavy (non-hydrogen) atoms. The number of aliphatic imine (C=N–C) groups is 1. The highest BCUT2D eigenvalue weighted by atomic mass is 32.1. The Morgan fingerprint density at radius 2 is 2.19 bits per heavy atom. The molecule has 0 amide bonds. The standard InChI is InChI=1S/C14H20N2O3SSi/c1-4-5-8-21(2,3)19-10-12-9-13(16(17)18)6-7-14(12)15-11-20/h6-7,9H,4-5,8,10H2,1-3H3. The van der Waals surface area contributed by atoms with Gasteiger partial charge in [-0.3, -0.25) is 10.1 Å². The summed E-state index contributed by atoms with van der Waals surface area (Å²) in [5.74, 6) is 0. The summed E-state index contributed by atoms with van der Waals surface area (Å²) < 4.78 is 6.03. The second-order valence-corrected chi connectivity index (χ2v) is 9.92. The Balaban J connectivity index is 2.91. The smallest absolute Gasteiger partial charge is 0.269 e. The molecule has 0 saturated heterocycles. The zero-order valence-electron chi connectivity index (χ0n) is 12.6. The average molecular weight is 324 g/mol. The molecule has 0 unspecified atom stereocenters. The number of nitrogens with zero attached hydrogens (tertiary/aromatic N) is 2. The highest BCUT2D eigenvalue weighted by Crippen LogP contribution is 2.27. The van der Waals surface area contributed by atoms with Gasteiger partial charge < -0.3 is 4.43 Å². The first-order valence-electron chi connectivity index (χ1n) is 6.89. The van der Waals surface area contributed by atoms with Gasteiger partial charge in [-0.25, -0.2) is 0 Å². The van der Waals surface area contributed by atoms with Crippen molar-refractivity contribution in [2.45, 2.75) is 45.5 Å². The predicted molar refractivity (Wildman–Crippen MR) is 89.8 cm³/mol. The number of unbranched alkanes of at least 4 members (excludes halogenated alkanes) is 1. The van der Waals surface area contributed by atoms with E-state index in [-0.39, 0.29) is 5.69 Å². The molecule has 0 spiro atoms. The zero-order valence-corrected chi connectivity index (χ0v) is 14.4. The van der Waals surface area contributed by atoms with E-state index in [2.05, 4.69) is 42.4 Å². The molecule has 0 saturated carbocycles. The van der Waals surface area contributed by atoms with E-state index in [0.717, 1.165) is 18.9 Å². The summed E-state index contributed by atoms with van der Waals surface area (Å²) in [6.07, 6.45) is 2.27. The van der Waals surface area contributed by atoms with Crippen LogP contribution in [0, 0.1) is 10.1 Å². The number of hydrogen-bond acceptors (Lipinski definition) is 5. The molecule has 0 aliphatic heterocycles. The maximum atomic E-state index is 10.9. The first-order valence-corrected chi connectivity index (χ1v) is 10.4. The summed E-state index contributed by atoms with van der Waals surface area (Å²) in [5, 5.41) is 13.2. The minimum Gasteiger partial charge on any atom is -0.413 e. The molecule has 1 rings (SSSR count). The van der Waals surface area contributed by atoms with Gasteiger partial charge in [0.05, 0.1) is 22.4 Å². The van der Waals surface area contributed by atoms with E-state index >= 15 is 0 Å². The van der Waals surface area contributed by atoms with E-state index in [9.17, 15) is 10.1 Å². The molecule has 0 aliphatic rings. The van der Waals surface area contributed by atoms with E-state index in [1.165, 1.54) is 12.1 Å². The number of thiocarbonyl (C=S) groups is 1. The topological polar surface area (TPSA) is 64.7 Å². The Morgan fingerprint density at radius 1 is 1.48 bits per heavy atom. The second-order valence-electron chi connectivity index (χ2n) is 5.43. The van der Waals surface area contributed by atoms with Crippen molar-refractivity contribution < 1.29 is 9.35 Å². The van der Waals surface area contributed by atoms with Crippen LogP contribution in [0.3, 0.4) is 0 Å². The Kier molecular flexibility index (Phi) is 6.84. The third-order valence-corrected chi connectivity index (χ3v) is 5.77. The molecule has 0 aliphatic carbocycles. The van der Waals surface area contributed by atoms with Crippen molar-refractivity contribution in [3.05, 3.63) is 33.9 Å². The number of rotatable bonds is 8.